The van der Waals surface area contributed by atoms with Crippen molar-refractivity contribution in [3.8, 4) is 0 Å². The number of rotatable bonds is 21. The van der Waals surface area contributed by atoms with E-state index in [1.807, 2.05) is 0 Å². The quantitative estimate of drug-likeness (QED) is 0.0653. The van der Waals surface area contributed by atoms with Crippen LogP contribution in [0.4, 0.5) is 0 Å². The Labute approximate surface area is 261 Å². The molecule has 0 aliphatic rings. The second kappa shape index (κ2) is 26.3. The van der Waals surface area contributed by atoms with Crippen LogP contribution in [0.2, 0.25) is 3.67 Å². The maximum atomic E-state index is 12.0. The zero-order chi connectivity index (χ0) is 27.9. The zero-order valence-electron chi connectivity index (χ0n) is 22.9. The number of nitrogens with one attached hydrogen (secondary N) is 1. The van der Waals surface area contributed by atoms with Gasteiger partial charge in [-0.15, -0.1) is 0 Å². The molecule has 0 radical (unpaired) electrons. The molecule has 0 heterocycles. The number of carboxylic acid groups (broad SMARTS) is 2. The number of unbranched alkanes of at least 4 members (excludes halogenated alkanes) is 11. The summed E-state index contributed by atoms with van der Waals surface area (Å²) in [5.41, 5.74) is 0. The number of aliphatic carboxylic acids is 2. The molecule has 1 amide bonds. The van der Waals surface area contributed by atoms with Crippen molar-refractivity contribution in [2.75, 3.05) is 6.61 Å². The minimum atomic E-state index is -5.39. The fourth-order valence-corrected chi connectivity index (χ4v) is 4.07. The number of carbonyl (C=O) groups is 3. The third kappa shape index (κ3) is 22.5. The van der Waals surface area contributed by atoms with Gasteiger partial charge in [-0.3, -0.25) is 14.1 Å². The molecule has 0 aliphatic carbocycles. The first kappa shape index (κ1) is 41.5. The van der Waals surface area contributed by atoms with E-state index in [4.69, 9.17) is 10.2 Å². The van der Waals surface area contributed by atoms with Crippen LogP contribution < -0.4 is 40.0 Å². The predicted octanol–water partition coefficient (Wildman–Crippen LogP) is 0.221. The Balaban J connectivity index is -0.00000214. The molecule has 0 saturated carbocycles. The SMILES string of the molecule is CCCCCCCC/C=C\CCCCCCCC(=O)NC(CC(=O)O)(C(=O)O)S(=O)(=O)O.[Na+].[O-]C[CH2][Na]. The molecule has 0 rings (SSSR count). The summed E-state index contributed by atoms with van der Waals surface area (Å²) in [5.74, 6) is -4.88. The van der Waals surface area contributed by atoms with E-state index in [1.165, 1.54) is 38.5 Å². The summed E-state index contributed by atoms with van der Waals surface area (Å²) in [6.45, 7) is 2.34. The van der Waals surface area contributed by atoms with Crippen molar-refractivity contribution in [1.29, 1.82) is 0 Å². The van der Waals surface area contributed by atoms with Gasteiger partial charge in [-0.1, -0.05) is 70.4 Å². The molecular formula is C24H43NNa2O9S. The normalized spacial score (nSPS) is 12.7. The van der Waals surface area contributed by atoms with Gasteiger partial charge in [0, 0.05) is 6.42 Å². The van der Waals surface area contributed by atoms with Crippen LogP contribution in [0.25, 0.3) is 0 Å². The Morgan fingerprint density at radius 2 is 1.32 bits per heavy atom. The summed E-state index contributed by atoms with van der Waals surface area (Å²) >= 11 is 1.08. The molecule has 1 unspecified atom stereocenters. The number of allylic oxidation sites excluding steroid dienone is 2. The molecule has 0 aromatic rings. The second-order valence-corrected chi connectivity index (χ2v) is 11.4. The number of hydrogen-bond donors (Lipinski definition) is 4. The van der Waals surface area contributed by atoms with Crippen LogP contribution >= 0.6 is 0 Å². The number of carbonyl (C=O) groups excluding carboxylic acids is 1. The molecule has 0 spiro atoms. The Kier molecular flexibility index (Phi) is 29.4. The van der Waals surface area contributed by atoms with Gasteiger partial charge in [0.1, 0.15) is 0 Å². The van der Waals surface area contributed by atoms with Crippen molar-refractivity contribution in [1.82, 2.24) is 5.32 Å². The number of amides is 1. The van der Waals surface area contributed by atoms with Crippen LogP contribution in [0.5, 0.6) is 0 Å². The van der Waals surface area contributed by atoms with Gasteiger partial charge in [0.25, 0.3) is 4.87 Å². The molecule has 0 aromatic heterocycles. The molecule has 1 atom stereocenters. The summed E-state index contributed by atoms with van der Waals surface area (Å²) in [6, 6.07) is 0. The molecule has 0 fully saturated rings. The van der Waals surface area contributed by atoms with Gasteiger partial charge < -0.3 is 15.5 Å². The van der Waals surface area contributed by atoms with Crippen molar-refractivity contribution in [3.05, 3.63) is 12.2 Å². The summed E-state index contributed by atoms with van der Waals surface area (Å²) in [7, 11) is -5.39. The van der Waals surface area contributed by atoms with Gasteiger partial charge in [0.2, 0.25) is 5.91 Å². The zero-order valence-corrected chi connectivity index (χ0v) is 27.7. The second-order valence-electron chi connectivity index (χ2n) is 8.76. The van der Waals surface area contributed by atoms with E-state index in [1.54, 1.807) is 5.32 Å². The van der Waals surface area contributed by atoms with E-state index in [-0.39, 0.29) is 42.6 Å². The number of carboxylic acids is 2. The van der Waals surface area contributed by atoms with Crippen molar-refractivity contribution >= 4 is 55.9 Å². The van der Waals surface area contributed by atoms with E-state index < -0.39 is 39.3 Å². The molecule has 0 aromatic carbocycles. The predicted molar refractivity (Wildman–Crippen MR) is 137 cm³/mol. The van der Waals surface area contributed by atoms with Crippen molar-refractivity contribution in [3.63, 3.8) is 0 Å². The van der Waals surface area contributed by atoms with E-state index >= 15 is 0 Å². The summed E-state index contributed by atoms with van der Waals surface area (Å²) < 4.78 is 33.1. The molecule has 0 aliphatic heterocycles. The number of hydrogen-bond acceptors (Lipinski definition) is 6. The Morgan fingerprint density at radius 3 is 1.70 bits per heavy atom. The van der Waals surface area contributed by atoms with Crippen LogP contribution in [0.15, 0.2) is 12.2 Å². The molecule has 4 N–H and O–H groups in total. The van der Waals surface area contributed by atoms with Crippen molar-refractivity contribution < 1.29 is 72.2 Å². The van der Waals surface area contributed by atoms with Gasteiger partial charge in [0.05, 0.1) is 6.42 Å². The summed E-state index contributed by atoms with van der Waals surface area (Å²) in [5, 5.41) is 29.0. The van der Waals surface area contributed by atoms with Crippen LogP contribution in [-0.4, -0.2) is 80.4 Å². The maximum absolute atomic E-state index is 12.0. The van der Waals surface area contributed by atoms with E-state index in [0.717, 1.165) is 63.7 Å². The average Bonchev–Trinajstić information content (AvgIpc) is 2.80. The molecule has 10 nitrogen and oxygen atoms in total. The van der Waals surface area contributed by atoms with Crippen LogP contribution in [0.3, 0.4) is 0 Å². The van der Waals surface area contributed by atoms with Gasteiger partial charge in [-0.05, 0) is 32.1 Å². The molecule has 37 heavy (non-hydrogen) atoms. The van der Waals surface area contributed by atoms with Gasteiger partial charge in [0.15, 0.2) is 0 Å². The topological polar surface area (TPSA) is 181 Å². The van der Waals surface area contributed by atoms with Crippen LogP contribution in [0.1, 0.15) is 103 Å². The van der Waals surface area contributed by atoms with E-state index in [9.17, 15) is 32.5 Å². The third-order valence-electron chi connectivity index (χ3n) is 5.40. The van der Waals surface area contributed by atoms with Gasteiger partial charge in [-0.2, -0.15) is 8.42 Å². The molecule has 0 saturated heterocycles. The first-order valence-electron chi connectivity index (χ1n) is 12.9. The minimum absolute atomic E-state index is 0. The van der Waals surface area contributed by atoms with E-state index in [2.05, 4.69) is 19.1 Å². The molecule has 0 bridgehead atoms. The van der Waals surface area contributed by atoms with Crippen molar-refractivity contribution in [2.24, 2.45) is 0 Å². The Morgan fingerprint density at radius 1 is 0.892 bits per heavy atom. The van der Waals surface area contributed by atoms with Crippen LogP contribution in [-0.2, 0) is 24.5 Å². The fraction of sp³-hybridized carbons (Fsp3) is 0.792. The van der Waals surface area contributed by atoms with Crippen LogP contribution in [0, 0.1) is 0 Å². The first-order chi connectivity index (χ1) is 17.0. The standard InChI is InChI=1S/C22H39NO8S.C2H4O.2Na/c1-2-3-4-5-6-7-8-9-10-11-12-13-14-15-16-17-19(24)23-22(21(27)28,18-20(25)26)32(29,30)31;1-2-3;;/h9-10H,2-8,11-18H2,1H3,(H,23,24)(H,25,26)(H,27,28)(H,29,30,31);1-2H2;;/q;-1;;+1/b10-9-;;;. The first-order valence-corrected chi connectivity index (χ1v) is 15.8. The van der Waals surface area contributed by atoms with Gasteiger partial charge >= 0.3 is 94.9 Å². The summed E-state index contributed by atoms with van der Waals surface area (Å²) in [6.07, 6.45) is 16.6. The summed E-state index contributed by atoms with van der Waals surface area (Å²) in [4.78, 5) is 30.9. The van der Waals surface area contributed by atoms with E-state index in [0.29, 0.717) is 12.8 Å². The van der Waals surface area contributed by atoms with Crippen molar-refractivity contribution in [2.45, 2.75) is 112 Å². The average molecular weight is 568 g/mol. The molecular weight excluding hydrogens is 524 g/mol. The monoisotopic (exact) mass is 567 g/mol. The Hall–Kier alpha value is 0.0200. The molecule has 13 heteroatoms. The third-order valence-corrected chi connectivity index (χ3v) is 7.11. The Bertz CT molecular complexity index is 747. The molecule has 206 valence electrons. The fourth-order valence-electron chi connectivity index (χ4n) is 3.30. The van der Waals surface area contributed by atoms with Gasteiger partial charge in [-0.25, -0.2) is 4.79 Å².